The molecule has 0 bridgehead atoms. The molecule has 1 spiro atoms. The zero-order chi connectivity index (χ0) is 12.4. The molecule has 1 aliphatic carbocycles. The van der Waals surface area contributed by atoms with Crippen LogP contribution in [0.5, 0.6) is 0 Å². The van der Waals surface area contributed by atoms with Gasteiger partial charge >= 0.3 is 0 Å². The molecule has 3 aliphatic rings. The van der Waals surface area contributed by atoms with E-state index in [1.54, 1.807) is 0 Å². The molecule has 3 rings (SSSR count). The Hall–Kier alpha value is 0.400. The van der Waals surface area contributed by atoms with E-state index < -0.39 is 0 Å². The summed E-state index contributed by atoms with van der Waals surface area (Å²) >= 11 is 3.81. The monoisotopic (exact) mass is 316 g/mol. The van der Waals surface area contributed by atoms with Crippen LogP contribution in [-0.4, -0.2) is 29.7 Å². The summed E-state index contributed by atoms with van der Waals surface area (Å²) in [7, 11) is 0. The summed E-state index contributed by atoms with van der Waals surface area (Å²) in [5.41, 5.74) is 0.278. The smallest absolute Gasteiger partial charge is 0.0687 e. The van der Waals surface area contributed by atoms with Gasteiger partial charge in [0.05, 0.1) is 18.3 Å². The summed E-state index contributed by atoms with van der Waals surface area (Å²) < 4.78 is 12.1. The molecule has 2 nitrogen and oxygen atoms in total. The lowest BCUT2D eigenvalue weighted by Crippen LogP contribution is -2.34. The molecule has 0 N–H and O–H groups in total. The molecular formula is C15H25BrO2. The van der Waals surface area contributed by atoms with Crippen molar-refractivity contribution in [2.24, 2.45) is 5.92 Å². The Balaban J connectivity index is 1.52. The molecule has 3 fully saturated rings. The molecule has 3 atom stereocenters. The van der Waals surface area contributed by atoms with Crippen LogP contribution in [-0.2, 0) is 9.47 Å². The summed E-state index contributed by atoms with van der Waals surface area (Å²) in [6.45, 7) is 1.84. The summed E-state index contributed by atoms with van der Waals surface area (Å²) in [6, 6.07) is 0. The normalized spacial score (nSPS) is 40.2. The first-order chi connectivity index (χ1) is 8.77. The molecule has 1 saturated carbocycles. The predicted molar refractivity (Wildman–Crippen MR) is 76.2 cm³/mol. The zero-order valence-electron chi connectivity index (χ0n) is 11.2. The molecule has 0 aromatic heterocycles. The van der Waals surface area contributed by atoms with Crippen molar-refractivity contribution in [1.82, 2.24) is 0 Å². The first kappa shape index (κ1) is 13.4. The van der Waals surface area contributed by atoms with Gasteiger partial charge in [-0.2, -0.15) is 0 Å². The molecule has 2 aliphatic heterocycles. The van der Waals surface area contributed by atoms with Gasteiger partial charge in [0.25, 0.3) is 0 Å². The highest BCUT2D eigenvalue weighted by atomic mass is 79.9. The maximum absolute atomic E-state index is 6.46. The fraction of sp³-hybridized carbons (Fsp3) is 1.00. The molecule has 3 unspecified atom stereocenters. The molecule has 3 heteroatoms. The van der Waals surface area contributed by atoms with Crippen LogP contribution < -0.4 is 0 Å². The van der Waals surface area contributed by atoms with Crippen molar-refractivity contribution in [3.05, 3.63) is 0 Å². The third-order valence-corrected chi connectivity index (χ3v) is 6.26. The first-order valence-corrected chi connectivity index (χ1v) is 8.59. The molecule has 104 valence electrons. The van der Waals surface area contributed by atoms with Gasteiger partial charge in [-0.15, -0.1) is 0 Å². The first-order valence-electron chi connectivity index (χ1n) is 7.67. The molecule has 0 aromatic rings. The van der Waals surface area contributed by atoms with Gasteiger partial charge in [-0.1, -0.05) is 35.2 Å². The van der Waals surface area contributed by atoms with E-state index in [9.17, 15) is 0 Å². The van der Waals surface area contributed by atoms with Gasteiger partial charge < -0.3 is 9.47 Å². The Morgan fingerprint density at radius 2 is 1.89 bits per heavy atom. The Morgan fingerprint density at radius 3 is 2.67 bits per heavy atom. The highest BCUT2D eigenvalue weighted by molar-refractivity contribution is 9.09. The molecule has 0 amide bonds. The third kappa shape index (κ3) is 2.94. The summed E-state index contributed by atoms with van der Waals surface area (Å²) in [5, 5.41) is 0. The van der Waals surface area contributed by atoms with Crippen molar-refractivity contribution in [3.8, 4) is 0 Å². The number of rotatable bonds is 2. The number of ether oxygens (including phenoxy) is 2. The van der Waals surface area contributed by atoms with Gasteiger partial charge in [-0.05, 0) is 44.4 Å². The molecule has 0 aromatic carbocycles. The number of halogens is 1. The fourth-order valence-electron chi connectivity index (χ4n) is 3.95. The van der Waals surface area contributed by atoms with Crippen molar-refractivity contribution in [2.45, 2.75) is 74.3 Å². The standard InChI is InChI=1S/C15H25BrO2/c16-14-5-9-17-11-12(14)10-13-4-8-15(18-13)6-2-1-3-7-15/h12-14H,1-11H2. The fourth-order valence-corrected chi connectivity index (χ4v) is 4.50. The minimum absolute atomic E-state index is 0.278. The maximum Gasteiger partial charge on any atom is 0.0687 e. The maximum atomic E-state index is 6.46. The van der Waals surface area contributed by atoms with E-state index in [0.29, 0.717) is 16.8 Å². The third-order valence-electron chi connectivity index (χ3n) is 5.05. The highest BCUT2D eigenvalue weighted by Gasteiger charge is 2.41. The average Bonchev–Trinajstić information content (AvgIpc) is 2.76. The van der Waals surface area contributed by atoms with Crippen LogP contribution >= 0.6 is 15.9 Å². The Bertz CT molecular complexity index is 276. The van der Waals surface area contributed by atoms with Crippen LogP contribution in [0.2, 0.25) is 0 Å². The average molecular weight is 317 g/mol. The molecule has 18 heavy (non-hydrogen) atoms. The summed E-state index contributed by atoms with van der Waals surface area (Å²) in [6.07, 6.45) is 12.2. The van der Waals surface area contributed by atoms with E-state index in [1.807, 2.05) is 0 Å². The van der Waals surface area contributed by atoms with E-state index in [2.05, 4.69) is 15.9 Å². The van der Waals surface area contributed by atoms with Crippen molar-refractivity contribution >= 4 is 15.9 Å². The summed E-state index contributed by atoms with van der Waals surface area (Å²) in [5.74, 6) is 0.655. The SMILES string of the molecule is BrC1CCOCC1CC1CCC2(CCCCC2)O1. The second kappa shape index (κ2) is 5.80. The van der Waals surface area contributed by atoms with E-state index in [1.165, 1.54) is 51.4 Å². The van der Waals surface area contributed by atoms with Crippen molar-refractivity contribution < 1.29 is 9.47 Å². The number of alkyl halides is 1. The van der Waals surface area contributed by atoms with Gasteiger partial charge in [0.1, 0.15) is 0 Å². The lowest BCUT2D eigenvalue weighted by Gasteiger charge is -2.34. The van der Waals surface area contributed by atoms with Gasteiger partial charge in [0.15, 0.2) is 0 Å². The van der Waals surface area contributed by atoms with Crippen LogP contribution in [0.15, 0.2) is 0 Å². The number of hydrogen-bond donors (Lipinski definition) is 0. The van der Waals surface area contributed by atoms with E-state index >= 15 is 0 Å². The van der Waals surface area contributed by atoms with Crippen molar-refractivity contribution in [2.75, 3.05) is 13.2 Å². The van der Waals surface area contributed by atoms with Crippen LogP contribution in [0.4, 0.5) is 0 Å². The minimum Gasteiger partial charge on any atom is -0.381 e. The van der Waals surface area contributed by atoms with Gasteiger partial charge in [0.2, 0.25) is 0 Å². The van der Waals surface area contributed by atoms with E-state index in [4.69, 9.17) is 9.47 Å². The van der Waals surface area contributed by atoms with E-state index in [-0.39, 0.29) is 5.60 Å². The Kier molecular flexibility index (Phi) is 4.32. The Morgan fingerprint density at radius 1 is 1.06 bits per heavy atom. The zero-order valence-corrected chi connectivity index (χ0v) is 12.8. The van der Waals surface area contributed by atoms with Crippen LogP contribution in [0, 0.1) is 5.92 Å². The number of hydrogen-bond acceptors (Lipinski definition) is 2. The van der Waals surface area contributed by atoms with Gasteiger partial charge in [0, 0.05) is 11.4 Å². The molecule has 2 heterocycles. The van der Waals surface area contributed by atoms with Crippen LogP contribution in [0.25, 0.3) is 0 Å². The predicted octanol–water partition coefficient (Wildman–Crippen LogP) is 4.06. The molecular weight excluding hydrogens is 292 g/mol. The van der Waals surface area contributed by atoms with Gasteiger partial charge in [-0.25, -0.2) is 0 Å². The molecule has 0 radical (unpaired) electrons. The topological polar surface area (TPSA) is 18.5 Å². The highest BCUT2D eigenvalue weighted by Crippen LogP contribution is 2.44. The second-order valence-electron chi connectivity index (χ2n) is 6.40. The van der Waals surface area contributed by atoms with Gasteiger partial charge in [-0.3, -0.25) is 0 Å². The van der Waals surface area contributed by atoms with Crippen LogP contribution in [0.3, 0.4) is 0 Å². The molecule has 2 saturated heterocycles. The largest absolute Gasteiger partial charge is 0.381 e. The lowest BCUT2D eigenvalue weighted by atomic mass is 9.83. The van der Waals surface area contributed by atoms with E-state index in [0.717, 1.165) is 19.6 Å². The summed E-state index contributed by atoms with van der Waals surface area (Å²) in [4.78, 5) is 0.637. The quantitative estimate of drug-likeness (QED) is 0.715. The van der Waals surface area contributed by atoms with Crippen molar-refractivity contribution in [3.63, 3.8) is 0 Å². The van der Waals surface area contributed by atoms with Crippen molar-refractivity contribution in [1.29, 1.82) is 0 Å². The lowest BCUT2D eigenvalue weighted by molar-refractivity contribution is -0.0756. The Labute approximate surface area is 119 Å². The van der Waals surface area contributed by atoms with Crippen LogP contribution in [0.1, 0.15) is 57.8 Å². The minimum atomic E-state index is 0.278. The second-order valence-corrected chi connectivity index (χ2v) is 7.57.